The van der Waals surface area contributed by atoms with Gasteiger partial charge in [-0.2, -0.15) is 0 Å². The molecule has 3 saturated carbocycles. The molecule has 1 unspecified atom stereocenters. The lowest BCUT2D eigenvalue weighted by molar-refractivity contribution is -0.157. The minimum atomic E-state index is -0.674. The molecule has 4 fully saturated rings. The van der Waals surface area contributed by atoms with Gasteiger partial charge in [-0.25, -0.2) is 9.59 Å². The zero-order valence-electron chi connectivity index (χ0n) is 19.8. The van der Waals surface area contributed by atoms with Crippen LogP contribution in [0.25, 0.3) is 0 Å². The third-order valence-corrected chi connectivity index (χ3v) is 8.27. The van der Waals surface area contributed by atoms with Gasteiger partial charge in [-0.1, -0.05) is 28.1 Å². The quantitative estimate of drug-likeness (QED) is 0.476. The number of hydrogen-bond donors (Lipinski definition) is 0. The number of ether oxygens (including phenoxy) is 2. The van der Waals surface area contributed by atoms with Gasteiger partial charge < -0.3 is 9.47 Å². The molecule has 4 aliphatic rings. The third-order valence-electron chi connectivity index (χ3n) is 7.77. The summed E-state index contributed by atoms with van der Waals surface area (Å²) in [7, 11) is 0. The second-order valence-corrected chi connectivity index (χ2v) is 11.8. The van der Waals surface area contributed by atoms with E-state index in [9.17, 15) is 14.4 Å². The maximum atomic E-state index is 13.2. The highest BCUT2D eigenvalue weighted by Gasteiger charge is 2.53. The van der Waals surface area contributed by atoms with Crippen molar-refractivity contribution < 1.29 is 23.9 Å². The first-order valence-electron chi connectivity index (χ1n) is 12.0. The molecule has 1 aromatic rings. The largest absolute Gasteiger partial charge is 0.456 e. The van der Waals surface area contributed by atoms with Gasteiger partial charge in [0.2, 0.25) is 0 Å². The van der Waals surface area contributed by atoms with E-state index in [0.717, 1.165) is 43.0 Å². The van der Waals surface area contributed by atoms with Gasteiger partial charge in [0.15, 0.2) is 12.4 Å². The minimum Gasteiger partial charge on any atom is -0.456 e. The van der Waals surface area contributed by atoms with E-state index in [1.165, 1.54) is 10.5 Å². The molecule has 1 atom stereocenters. The van der Waals surface area contributed by atoms with Crippen LogP contribution < -0.4 is 0 Å². The summed E-state index contributed by atoms with van der Waals surface area (Å²) in [6, 6.07) is 7.86. The van der Waals surface area contributed by atoms with Crippen LogP contribution in [0, 0.1) is 5.41 Å². The lowest BCUT2D eigenvalue weighted by Crippen LogP contribution is -2.49. The molecule has 1 saturated heterocycles. The second kappa shape index (κ2) is 9.05. The minimum absolute atomic E-state index is 0.0280. The van der Waals surface area contributed by atoms with E-state index >= 15 is 0 Å². The third kappa shape index (κ3) is 4.98. The number of Topliss-reactive ketones (excluding diaryl/α,β-unsaturated/α-hetero) is 1. The number of ketones is 1. The van der Waals surface area contributed by atoms with Crippen molar-refractivity contribution in [2.45, 2.75) is 89.2 Å². The number of likely N-dealkylation sites (tertiary alicyclic amines) is 1. The molecule has 3 aliphatic carbocycles. The van der Waals surface area contributed by atoms with Crippen molar-refractivity contribution in [2.75, 3.05) is 13.2 Å². The topological polar surface area (TPSA) is 72.9 Å². The van der Waals surface area contributed by atoms with Gasteiger partial charge in [-0.3, -0.25) is 9.69 Å². The van der Waals surface area contributed by atoms with Crippen LogP contribution in [0.5, 0.6) is 0 Å². The Bertz CT molecular complexity index is 912. The number of carbonyl (C=O) groups is 3. The van der Waals surface area contributed by atoms with E-state index in [4.69, 9.17) is 9.47 Å². The van der Waals surface area contributed by atoms with E-state index in [1.807, 2.05) is 6.07 Å². The van der Waals surface area contributed by atoms with Gasteiger partial charge in [-0.15, -0.1) is 0 Å². The summed E-state index contributed by atoms with van der Waals surface area (Å²) < 4.78 is 12.0. The molecule has 1 aromatic carbocycles. The number of benzene rings is 1. The van der Waals surface area contributed by atoms with E-state index in [2.05, 4.69) is 34.1 Å². The lowest BCUT2D eigenvalue weighted by atomic mass is 9.51. The van der Waals surface area contributed by atoms with Crippen LogP contribution in [0.3, 0.4) is 0 Å². The Hall–Kier alpha value is -1.89. The molecule has 1 aliphatic heterocycles. The summed E-state index contributed by atoms with van der Waals surface area (Å²) in [5.41, 5.74) is 0.498. The van der Waals surface area contributed by atoms with E-state index in [1.54, 1.807) is 20.8 Å². The number of amides is 1. The first-order valence-corrected chi connectivity index (χ1v) is 12.8. The van der Waals surface area contributed by atoms with Gasteiger partial charge in [0.05, 0.1) is 0 Å². The predicted octanol–water partition coefficient (Wildman–Crippen LogP) is 5.55. The fourth-order valence-corrected chi connectivity index (χ4v) is 6.19. The zero-order valence-corrected chi connectivity index (χ0v) is 21.4. The molecule has 0 radical (unpaired) electrons. The van der Waals surface area contributed by atoms with Gasteiger partial charge in [0, 0.05) is 16.4 Å². The number of carbonyl (C=O) groups excluding carboxylic acids is 3. The van der Waals surface area contributed by atoms with Crippen LogP contribution in [0.4, 0.5) is 4.79 Å². The summed E-state index contributed by atoms with van der Waals surface area (Å²) >= 11 is 3.58. The van der Waals surface area contributed by atoms with Crippen LogP contribution in [-0.2, 0) is 24.5 Å². The highest BCUT2D eigenvalue weighted by Crippen LogP contribution is 2.58. The smallest absolute Gasteiger partial charge is 0.411 e. The SMILES string of the molecule is CC(C)(C)OC(=O)N1CCCC1C(=O)OCC(=O)C12CCC(c3cccc(Br)c3)(CC1)CC2. The van der Waals surface area contributed by atoms with Crippen LogP contribution in [0.1, 0.15) is 77.7 Å². The predicted molar refractivity (Wildman–Crippen MR) is 128 cm³/mol. The number of halogens is 1. The molecule has 0 spiro atoms. The normalized spacial score (nSPS) is 29.1. The van der Waals surface area contributed by atoms with Crippen LogP contribution in [0.2, 0.25) is 0 Å². The summed E-state index contributed by atoms with van der Waals surface area (Å²) in [5, 5.41) is 0. The van der Waals surface area contributed by atoms with E-state index < -0.39 is 23.7 Å². The fraction of sp³-hybridized carbons (Fsp3) is 0.654. The van der Waals surface area contributed by atoms with Crippen molar-refractivity contribution in [2.24, 2.45) is 5.41 Å². The molecular formula is C26H34BrNO5. The van der Waals surface area contributed by atoms with E-state index in [0.29, 0.717) is 19.4 Å². The molecule has 6 nitrogen and oxygen atoms in total. The molecular weight excluding hydrogens is 486 g/mol. The first-order chi connectivity index (χ1) is 15.5. The Morgan fingerprint density at radius 2 is 1.76 bits per heavy atom. The zero-order chi connectivity index (χ0) is 23.9. The lowest BCUT2D eigenvalue weighted by Gasteiger charge is -2.53. The Morgan fingerprint density at radius 1 is 1.09 bits per heavy atom. The Kier molecular flexibility index (Phi) is 6.64. The summed E-state index contributed by atoms with van der Waals surface area (Å²) in [6.45, 7) is 5.65. The number of esters is 1. The monoisotopic (exact) mass is 519 g/mol. The Balaban J connectivity index is 1.33. The van der Waals surface area contributed by atoms with Gasteiger partial charge in [0.1, 0.15) is 11.6 Å². The van der Waals surface area contributed by atoms with Crippen LogP contribution in [0.15, 0.2) is 28.7 Å². The van der Waals surface area contributed by atoms with Crippen molar-refractivity contribution in [1.82, 2.24) is 4.90 Å². The maximum Gasteiger partial charge on any atom is 0.411 e. The van der Waals surface area contributed by atoms with Crippen molar-refractivity contribution in [3.05, 3.63) is 34.3 Å². The average molecular weight is 520 g/mol. The molecule has 33 heavy (non-hydrogen) atoms. The maximum absolute atomic E-state index is 13.2. The number of rotatable bonds is 5. The molecule has 180 valence electrons. The molecule has 5 rings (SSSR count). The Labute approximate surface area is 204 Å². The molecule has 0 N–H and O–H groups in total. The summed E-state index contributed by atoms with van der Waals surface area (Å²) in [6.07, 6.45) is 6.21. The van der Waals surface area contributed by atoms with Crippen molar-refractivity contribution in [3.8, 4) is 0 Å². The summed E-state index contributed by atoms with van der Waals surface area (Å²) in [5.74, 6) is -0.474. The van der Waals surface area contributed by atoms with Gasteiger partial charge in [0.25, 0.3) is 0 Å². The number of nitrogens with zero attached hydrogens (tertiary/aromatic N) is 1. The van der Waals surface area contributed by atoms with Crippen LogP contribution >= 0.6 is 15.9 Å². The highest BCUT2D eigenvalue weighted by molar-refractivity contribution is 9.10. The number of hydrogen-bond acceptors (Lipinski definition) is 5. The van der Waals surface area contributed by atoms with Gasteiger partial charge >= 0.3 is 12.1 Å². The van der Waals surface area contributed by atoms with Gasteiger partial charge in [-0.05, 0) is 95.2 Å². The molecule has 0 aromatic heterocycles. The fourth-order valence-electron chi connectivity index (χ4n) is 5.79. The van der Waals surface area contributed by atoms with Crippen molar-refractivity contribution >= 4 is 33.8 Å². The molecule has 2 bridgehead atoms. The standard InChI is InChI=1S/C26H34BrNO5/c1-24(2,3)33-23(31)28-15-5-8-20(28)22(30)32-17-21(29)26-12-9-25(10-13-26,11-14-26)18-6-4-7-19(27)16-18/h4,6-7,16,20H,5,8-15,17H2,1-3H3. The average Bonchev–Trinajstić information content (AvgIpc) is 3.28. The molecule has 1 heterocycles. The number of fused-ring (bicyclic) bond motifs is 3. The summed E-state index contributed by atoms with van der Waals surface area (Å²) in [4.78, 5) is 39.9. The van der Waals surface area contributed by atoms with Crippen molar-refractivity contribution in [3.63, 3.8) is 0 Å². The molecule has 7 heteroatoms. The van der Waals surface area contributed by atoms with E-state index in [-0.39, 0.29) is 23.2 Å². The highest BCUT2D eigenvalue weighted by atomic mass is 79.9. The van der Waals surface area contributed by atoms with Crippen molar-refractivity contribution in [1.29, 1.82) is 0 Å². The second-order valence-electron chi connectivity index (χ2n) is 10.9. The van der Waals surface area contributed by atoms with Crippen LogP contribution in [-0.4, -0.2) is 47.5 Å². The molecule has 1 amide bonds. The Morgan fingerprint density at radius 3 is 2.36 bits per heavy atom. The first kappa shape index (κ1) is 24.2.